The lowest BCUT2D eigenvalue weighted by atomic mass is 10.0. The Hall–Kier alpha value is -2.15. The third kappa shape index (κ3) is 4.42. The van der Waals surface area contributed by atoms with E-state index in [-0.39, 0.29) is 17.6 Å². The number of aliphatic carboxylic acids is 1. The van der Waals surface area contributed by atoms with Crippen LogP contribution in [0.4, 0.5) is 10.1 Å². The van der Waals surface area contributed by atoms with Gasteiger partial charge in [0, 0.05) is 31.4 Å². The topological polar surface area (TPSA) is 84.9 Å². The fourth-order valence-corrected chi connectivity index (χ4v) is 2.13. The molecule has 1 aromatic rings. The molecular weight excluding hydrogens is 293 g/mol. The molecule has 0 aromatic heterocycles. The summed E-state index contributed by atoms with van der Waals surface area (Å²) in [5.41, 5.74) is 0.303. The number of hydrogen-bond acceptors (Lipinski definition) is 4. The Morgan fingerprint density at radius 1 is 1.55 bits per heavy atom. The van der Waals surface area contributed by atoms with E-state index in [0.717, 1.165) is 12.5 Å². The van der Waals surface area contributed by atoms with E-state index >= 15 is 0 Å². The normalized spacial score (nSPS) is 18.7. The summed E-state index contributed by atoms with van der Waals surface area (Å²) in [6.45, 7) is 2.54. The second kappa shape index (κ2) is 7.22. The average molecular weight is 311 g/mol. The molecule has 22 heavy (non-hydrogen) atoms. The van der Waals surface area contributed by atoms with Crippen molar-refractivity contribution in [3.63, 3.8) is 0 Å². The first-order valence-corrected chi connectivity index (χ1v) is 7.02. The summed E-state index contributed by atoms with van der Waals surface area (Å²) in [5.74, 6) is -2.09. The van der Waals surface area contributed by atoms with Crippen LogP contribution in [0.25, 0.3) is 0 Å². The lowest BCUT2D eigenvalue weighted by molar-refractivity contribution is -0.144. The zero-order valence-corrected chi connectivity index (χ0v) is 12.2. The van der Waals surface area contributed by atoms with Crippen molar-refractivity contribution >= 4 is 17.6 Å². The van der Waals surface area contributed by atoms with E-state index in [2.05, 4.69) is 5.32 Å². The van der Waals surface area contributed by atoms with Gasteiger partial charge in [-0.05, 0) is 31.4 Å². The number of carbonyl (C=O) groups excluding carboxylic acids is 1. The number of halogens is 1. The maximum absolute atomic E-state index is 13.8. The molecular formula is C15H18FNO5. The van der Waals surface area contributed by atoms with Crippen LogP contribution >= 0.6 is 0 Å². The SMILES string of the molecule is CC(Oc1ccc(NC(=O)CC2CCOC2)cc1F)C(=O)O. The minimum absolute atomic E-state index is 0.169. The molecule has 6 nitrogen and oxygen atoms in total. The zero-order valence-electron chi connectivity index (χ0n) is 12.2. The number of nitrogens with one attached hydrogen (secondary N) is 1. The summed E-state index contributed by atoms with van der Waals surface area (Å²) in [6.07, 6.45) is 0.0229. The largest absolute Gasteiger partial charge is 0.479 e. The molecule has 2 N–H and O–H groups in total. The third-order valence-corrected chi connectivity index (χ3v) is 3.37. The zero-order chi connectivity index (χ0) is 16.1. The van der Waals surface area contributed by atoms with Gasteiger partial charge in [0.2, 0.25) is 5.91 Å². The molecule has 1 aliphatic rings. The molecule has 0 aliphatic carbocycles. The van der Waals surface area contributed by atoms with Gasteiger partial charge in [0.15, 0.2) is 17.7 Å². The van der Waals surface area contributed by atoms with E-state index in [1.54, 1.807) is 0 Å². The molecule has 0 bridgehead atoms. The summed E-state index contributed by atoms with van der Waals surface area (Å²) >= 11 is 0. The standard InChI is InChI=1S/C15H18FNO5/c1-9(15(19)20)22-13-3-2-11(7-12(13)16)17-14(18)6-10-4-5-21-8-10/h2-3,7,9-10H,4-6,8H2,1H3,(H,17,18)(H,19,20). The molecule has 1 amide bonds. The van der Waals surface area contributed by atoms with Gasteiger partial charge in [-0.15, -0.1) is 0 Å². The highest BCUT2D eigenvalue weighted by Gasteiger charge is 2.20. The van der Waals surface area contributed by atoms with Crippen molar-refractivity contribution in [2.24, 2.45) is 5.92 Å². The van der Waals surface area contributed by atoms with Crippen molar-refractivity contribution in [2.45, 2.75) is 25.9 Å². The number of benzene rings is 1. The Morgan fingerprint density at radius 3 is 2.91 bits per heavy atom. The van der Waals surface area contributed by atoms with E-state index in [1.165, 1.54) is 19.1 Å². The number of hydrogen-bond donors (Lipinski definition) is 2. The van der Waals surface area contributed by atoms with Crippen LogP contribution < -0.4 is 10.1 Å². The first kappa shape index (κ1) is 16.2. The van der Waals surface area contributed by atoms with Crippen molar-refractivity contribution in [1.29, 1.82) is 0 Å². The van der Waals surface area contributed by atoms with E-state index in [0.29, 0.717) is 25.3 Å². The molecule has 2 atom stereocenters. The number of rotatable bonds is 6. The smallest absolute Gasteiger partial charge is 0.344 e. The highest BCUT2D eigenvalue weighted by molar-refractivity contribution is 5.90. The summed E-state index contributed by atoms with van der Waals surface area (Å²) in [6, 6.07) is 3.87. The molecule has 2 unspecified atom stereocenters. The van der Waals surface area contributed by atoms with E-state index in [4.69, 9.17) is 14.6 Å². The van der Waals surface area contributed by atoms with E-state index in [1.807, 2.05) is 0 Å². The van der Waals surface area contributed by atoms with Crippen LogP contribution in [0.5, 0.6) is 5.75 Å². The first-order chi connectivity index (χ1) is 10.5. The average Bonchev–Trinajstić information content (AvgIpc) is 2.94. The monoisotopic (exact) mass is 311 g/mol. The number of carbonyl (C=O) groups is 2. The summed E-state index contributed by atoms with van der Waals surface area (Å²) < 4.78 is 24.0. The molecule has 120 valence electrons. The Bertz CT molecular complexity index is 557. The maximum Gasteiger partial charge on any atom is 0.344 e. The molecule has 0 radical (unpaired) electrons. The molecule has 1 aromatic carbocycles. The van der Waals surface area contributed by atoms with Crippen molar-refractivity contribution < 1.29 is 28.6 Å². The number of carboxylic acid groups (broad SMARTS) is 1. The van der Waals surface area contributed by atoms with Crippen LogP contribution in [0, 0.1) is 11.7 Å². The molecule has 0 spiro atoms. The van der Waals surface area contributed by atoms with Crippen LogP contribution in [-0.4, -0.2) is 36.3 Å². The highest BCUT2D eigenvalue weighted by atomic mass is 19.1. The molecule has 7 heteroatoms. The van der Waals surface area contributed by atoms with Gasteiger partial charge < -0.3 is 19.9 Å². The van der Waals surface area contributed by atoms with Gasteiger partial charge in [0.1, 0.15) is 0 Å². The number of amides is 1. The lowest BCUT2D eigenvalue weighted by Gasteiger charge is -2.13. The van der Waals surface area contributed by atoms with Crippen molar-refractivity contribution in [3.8, 4) is 5.75 Å². The third-order valence-electron chi connectivity index (χ3n) is 3.37. The fourth-order valence-electron chi connectivity index (χ4n) is 2.13. The Balaban J connectivity index is 1.93. The molecule has 1 saturated heterocycles. The minimum Gasteiger partial charge on any atom is -0.479 e. The lowest BCUT2D eigenvalue weighted by Crippen LogP contribution is -2.23. The van der Waals surface area contributed by atoms with Gasteiger partial charge in [-0.2, -0.15) is 0 Å². The van der Waals surface area contributed by atoms with Gasteiger partial charge >= 0.3 is 5.97 Å². The predicted octanol–water partition coefficient (Wildman–Crippen LogP) is 2.04. The van der Waals surface area contributed by atoms with Crippen molar-refractivity contribution in [3.05, 3.63) is 24.0 Å². The Kier molecular flexibility index (Phi) is 5.32. The Labute approximate surface area is 127 Å². The number of anilines is 1. The van der Waals surface area contributed by atoms with Crippen molar-refractivity contribution in [1.82, 2.24) is 0 Å². The quantitative estimate of drug-likeness (QED) is 0.840. The van der Waals surface area contributed by atoms with Crippen molar-refractivity contribution in [2.75, 3.05) is 18.5 Å². The summed E-state index contributed by atoms with van der Waals surface area (Å²) in [7, 11) is 0. The molecule has 0 saturated carbocycles. The van der Waals surface area contributed by atoms with Crippen LogP contribution in [0.3, 0.4) is 0 Å². The maximum atomic E-state index is 13.8. The van der Waals surface area contributed by atoms with Crippen LogP contribution in [0.15, 0.2) is 18.2 Å². The van der Waals surface area contributed by atoms with Gasteiger partial charge in [-0.25, -0.2) is 9.18 Å². The first-order valence-electron chi connectivity index (χ1n) is 7.02. The van der Waals surface area contributed by atoms with E-state index < -0.39 is 17.9 Å². The summed E-state index contributed by atoms with van der Waals surface area (Å²) in [4.78, 5) is 22.5. The highest BCUT2D eigenvalue weighted by Crippen LogP contribution is 2.23. The van der Waals surface area contributed by atoms with Gasteiger partial charge in [-0.3, -0.25) is 4.79 Å². The molecule has 2 rings (SSSR count). The molecule has 1 heterocycles. The summed E-state index contributed by atoms with van der Waals surface area (Å²) in [5, 5.41) is 11.3. The van der Waals surface area contributed by atoms with Gasteiger partial charge in [0.05, 0.1) is 0 Å². The Morgan fingerprint density at radius 2 is 2.32 bits per heavy atom. The second-order valence-corrected chi connectivity index (χ2v) is 5.23. The molecule has 1 fully saturated rings. The van der Waals surface area contributed by atoms with E-state index in [9.17, 15) is 14.0 Å². The van der Waals surface area contributed by atoms with Crippen LogP contribution in [0.2, 0.25) is 0 Å². The fraction of sp³-hybridized carbons (Fsp3) is 0.467. The second-order valence-electron chi connectivity index (χ2n) is 5.23. The van der Waals surface area contributed by atoms with Gasteiger partial charge in [0.25, 0.3) is 0 Å². The number of carboxylic acids is 1. The predicted molar refractivity (Wildman–Crippen MR) is 76.3 cm³/mol. The van der Waals surface area contributed by atoms with Gasteiger partial charge in [-0.1, -0.05) is 0 Å². The number of ether oxygens (including phenoxy) is 2. The molecule has 1 aliphatic heterocycles. The minimum atomic E-state index is -1.18. The van der Waals surface area contributed by atoms with Crippen LogP contribution in [0.1, 0.15) is 19.8 Å². The van der Waals surface area contributed by atoms with Crippen LogP contribution in [-0.2, 0) is 14.3 Å².